The molecule has 120 valence electrons. The zero-order chi connectivity index (χ0) is 16.4. The maximum absolute atomic E-state index is 12.6. The predicted molar refractivity (Wildman–Crippen MR) is 86.0 cm³/mol. The molecule has 1 fully saturated rings. The van der Waals surface area contributed by atoms with E-state index in [1.54, 1.807) is 12.1 Å². The molecule has 1 aromatic rings. The fourth-order valence-corrected chi connectivity index (χ4v) is 2.96. The van der Waals surface area contributed by atoms with Crippen molar-refractivity contribution in [2.45, 2.75) is 44.9 Å². The Labute approximate surface area is 135 Å². The summed E-state index contributed by atoms with van der Waals surface area (Å²) in [6, 6.07) is 7.31. The zero-order valence-corrected chi connectivity index (χ0v) is 13.7. The van der Waals surface area contributed by atoms with Gasteiger partial charge in [-0.25, -0.2) is 0 Å². The second-order valence-corrected chi connectivity index (χ2v) is 6.50. The Bertz CT molecular complexity index is 560. The summed E-state index contributed by atoms with van der Waals surface area (Å²) in [6.07, 6.45) is 2.57. The van der Waals surface area contributed by atoms with E-state index in [0.717, 1.165) is 18.4 Å². The van der Waals surface area contributed by atoms with Crippen LogP contribution < -0.4 is 5.32 Å². The van der Waals surface area contributed by atoms with Gasteiger partial charge >= 0.3 is 5.97 Å². The van der Waals surface area contributed by atoms with Gasteiger partial charge in [-0.3, -0.25) is 9.59 Å². The van der Waals surface area contributed by atoms with Crippen LogP contribution in [-0.4, -0.2) is 23.5 Å². The molecule has 0 saturated heterocycles. The van der Waals surface area contributed by atoms with Gasteiger partial charge in [0.2, 0.25) is 5.91 Å². The lowest BCUT2D eigenvalue weighted by atomic mass is 9.82. The third-order valence-corrected chi connectivity index (χ3v) is 5.23. The Balaban J connectivity index is 2.09. The molecule has 0 atom stereocenters. The van der Waals surface area contributed by atoms with Gasteiger partial charge in [0.05, 0.1) is 10.8 Å². The van der Waals surface area contributed by atoms with E-state index < -0.39 is 16.8 Å². The first-order chi connectivity index (χ1) is 10.4. The fourth-order valence-electron chi connectivity index (χ4n) is 2.84. The number of hydrogen-bond donors (Lipinski definition) is 2. The number of nitrogens with one attached hydrogen (secondary N) is 1. The maximum atomic E-state index is 12.6. The number of carbonyl (C=O) groups is 2. The minimum atomic E-state index is -0.883. The molecule has 0 unspecified atom stereocenters. The molecule has 2 N–H and O–H groups in total. The smallest absolute Gasteiger partial charge is 0.311 e. The normalized spacial score (nSPS) is 16.1. The molecule has 4 nitrogen and oxygen atoms in total. The topological polar surface area (TPSA) is 66.4 Å². The molecule has 1 amide bonds. The number of hydrogen-bond acceptors (Lipinski definition) is 2. The molecular formula is C17H22ClNO3. The van der Waals surface area contributed by atoms with Crippen molar-refractivity contribution in [2.75, 3.05) is 6.54 Å². The second kappa shape index (κ2) is 6.29. The van der Waals surface area contributed by atoms with E-state index in [1.165, 1.54) is 0 Å². The highest BCUT2D eigenvalue weighted by Crippen LogP contribution is 2.48. The number of halogens is 1. The van der Waals surface area contributed by atoms with Crippen molar-refractivity contribution in [1.82, 2.24) is 5.32 Å². The molecule has 2 rings (SSSR count). The third kappa shape index (κ3) is 2.98. The summed E-state index contributed by atoms with van der Waals surface area (Å²) in [7, 11) is 0. The van der Waals surface area contributed by atoms with E-state index in [1.807, 2.05) is 26.0 Å². The first-order valence-electron chi connectivity index (χ1n) is 7.68. The molecule has 1 aromatic carbocycles. The summed E-state index contributed by atoms with van der Waals surface area (Å²) in [4.78, 5) is 24.1. The molecule has 1 aliphatic rings. The summed E-state index contributed by atoms with van der Waals surface area (Å²) in [6.45, 7) is 3.86. The number of benzene rings is 1. The van der Waals surface area contributed by atoms with Gasteiger partial charge in [0.15, 0.2) is 0 Å². The van der Waals surface area contributed by atoms with Gasteiger partial charge in [0.1, 0.15) is 0 Å². The van der Waals surface area contributed by atoms with Crippen molar-refractivity contribution in [3.05, 3.63) is 34.9 Å². The van der Waals surface area contributed by atoms with Gasteiger partial charge in [-0.1, -0.05) is 37.6 Å². The molecular weight excluding hydrogens is 302 g/mol. The standard InChI is InChI=1S/C17H22ClNO3/c1-3-16(4-2,15(21)22)11-19-14(20)17(9-10-17)12-5-7-13(18)8-6-12/h5-8H,3-4,9-11H2,1-2H3,(H,19,20)(H,21,22). The Morgan fingerprint density at radius 1 is 1.23 bits per heavy atom. The van der Waals surface area contributed by atoms with E-state index in [9.17, 15) is 14.7 Å². The van der Waals surface area contributed by atoms with Crippen LogP contribution in [0.25, 0.3) is 0 Å². The van der Waals surface area contributed by atoms with Gasteiger partial charge in [0.25, 0.3) is 0 Å². The Morgan fingerprint density at radius 2 is 1.77 bits per heavy atom. The zero-order valence-electron chi connectivity index (χ0n) is 13.0. The van der Waals surface area contributed by atoms with E-state index in [0.29, 0.717) is 17.9 Å². The van der Waals surface area contributed by atoms with Crippen LogP contribution in [0.5, 0.6) is 0 Å². The molecule has 0 aromatic heterocycles. The average Bonchev–Trinajstić information content (AvgIpc) is 3.30. The monoisotopic (exact) mass is 323 g/mol. The number of aliphatic carboxylic acids is 1. The van der Waals surface area contributed by atoms with Crippen LogP contribution in [0.2, 0.25) is 5.02 Å². The highest BCUT2D eigenvalue weighted by atomic mass is 35.5. The van der Waals surface area contributed by atoms with Crippen LogP contribution in [0.4, 0.5) is 0 Å². The van der Waals surface area contributed by atoms with Crippen LogP contribution in [0.3, 0.4) is 0 Å². The van der Waals surface area contributed by atoms with Gasteiger partial charge in [0, 0.05) is 11.6 Å². The van der Waals surface area contributed by atoms with Crippen molar-refractivity contribution >= 4 is 23.5 Å². The Hall–Kier alpha value is -1.55. The van der Waals surface area contributed by atoms with E-state index >= 15 is 0 Å². The molecule has 1 saturated carbocycles. The van der Waals surface area contributed by atoms with Crippen molar-refractivity contribution in [3.63, 3.8) is 0 Å². The van der Waals surface area contributed by atoms with E-state index in [4.69, 9.17) is 11.6 Å². The van der Waals surface area contributed by atoms with Gasteiger partial charge < -0.3 is 10.4 Å². The van der Waals surface area contributed by atoms with Crippen LogP contribution in [0, 0.1) is 5.41 Å². The van der Waals surface area contributed by atoms with Crippen LogP contribution >= 0.6 is 11.6 Å². The van der Waals surface area contributed by atoms with Gasteiger partial charge in [-0.2, -0.15) is 0 Å². The summed E-state index contributed by atoms with van der Waals surface area (Å²) in [5.41, 5.74) is -0.439. The van der Waals surface area contributed by atoms with Crippen molar-refractivity contribution in [2.24, 2.45) is 5.41 Å². The molecule has 5 heteroatoms. The largest absolute Gasteiger partial charge is 0.481 e. The SMILES string of the molecule is CCC(CC)(CNC(=O)C1(c2ccc(Cl)cc2)CC1)C(=O)O. The number of amides is 1. The summed E-state index contributed by atoms with van der Waals surface area (Å²) in [5.74, 6) is -0.934. The Morgan fingerprint density at radius 3 is 2.18 bits per heavy atom. The highest BCUT2D eigenvalue weighted by molar-refractivity contribution is 6.30. The van der Waals surface area contributed by atoms with Gasteiger partial charge in [-0.15, -0.1) is 0 Å². The quantitative estimate of drug-likeness (QED) is 0.808. The number of carboxylic acid groups (broad SMARTS) is 1. The van der Waals surface area contributed by atoms with Crippen LogP contribution in [0.15, 0.2) is 24.3 Å². The number of carbonyl (C=O) groups excluding carboxylic acids is 1. The lowest BCUT2D eigenvalue weighted by Crippen LogP contribution is -2.45. The fraction of sp³-hybridized carbons (Fsp3) is 0.529. The van der Waals surface area contributed by atoms with E-state index in [2.05, 4.69) is 5.32 Å². The average molecular weight is 324 g/mol. The summed E-state index contributed by atoms with van der Waals surface area (Å²) < 4.78 is 0. The summed E-state index contributed by atoms with van der Waals surface area (Å²) in [5, 5.41) is 12.9. The third-order valence-electron chi connectivity index (χ3n) is 4.98. The first kappa shape index (κ1) is 16.8. The molecule has 0 heterocycles. The molecule has 0 aliphatic heterocycles. The molecule has 1 aliphatic carbocycles. The maximum Gasteiger partial charge on any atom is 0.311 e. The Kier molecular flexibility index (Phi) is 4.81. The minimum Gasteiger partial charge on any atom is -0.481 e. The molecule has 0 bridgehead atoms. The summed E-state index contributed by atoms with van der Waals surface area (Å²) >= 11 is 5.89. The minimum absolute atomic E-state index is 0.0812. The second-order valence-electron chi connectivity index (χ2n) is 6.06. The van der Waals surface area contributed by atoms with Crippen molar-refractivity contribution in [1.29, 1.82) is 0 Å². The predicted octanol–water partition coefficient (Wildman–Crippen LogP) is 3.38. The molecule has 0 radical (unpaired) electrons. The number of carboxylic acids is 1. The molecule has 22 heavy (non-hydrogen) atoms. The van der Waals surface area contributed by atoms with Crippen LogP contribution in [-0.2, 0) is 15.0 Å². The number of rotatable bonds is 7. The lowest BCUT2D eigenvalue weighted by molar-refractivity contribution is -0.149. The van der Waals surface area contributed by atoms with Crippen LogP contribution in [0.1, 0.15) is 45.1 Å². The van der Waals surface area contributed by atoms with Crippen molar-refractivity contribution < 1.29 is 14.7 Å². The lowest BCUT2D eigenvalue weighted by Gasteiger charge is -2.28. The first-order valence-corrected chi connectivity index (χ1v) is 8.06. The van der Waals surface area contributed by atoms with E-state index in [-0.39, 0.29) is 12.5 Å². The molecule has 0 spiro atoms. The van der Waals surface area contributed by atoms with Gasteiger partial charge in [-0.05, 0) is 43.4 Å². The highest BCUT2D eigenvalue weighted by Gasteiger charge is 2.51. The van der Waals surface area contributed by atoms with Crippen molar-refractivity contribution in [3.8, 4) is 0 Å².